The normalized spacial score (nSPS) is 12.5. The summed E-state index contributed by atoms with van der Waals surface area (Å²) < 4.78 is 0. The highest BCUT2D eigenvalue weighted by molar-refractivity contribution is 5.33. The van der Waals surface area contributed by atoms with E-state index in [1.807, 2.05) is 6.92 Å². The molecule has 0 aromatic rings. The van der Waals surface area contributed by atoms with Gasteiger partial charge in [-0.05, 0) is 24.2 Å². The van der Waals surface area contributed by atoms with Crippen molar-refractivity contribution in [1.82, 2.24) is 0 Å². The summed E-state index contributed by atoms with van der Waals surface area (Å²) in [5.41, 5.74) is 0.0105. The fourth-order valence-corrected chi connectivity index (χ4v) is 1.25. The molecule has 0 N–H and O–H groups in total. The molecule has 84 valence electrons. The van der Waals surface area contributed by atoms with Crippen LogP contribution in [0.3, 0.4) is 0 Å². The van der Waals surface area contributed by atoms with Gasteiger partial charge in [-0.3, -0.25) is 0 Å². The van der Waals surface area contributed by atoms with Gasteiger partial charge in [0.1, 0.15) is 0 Å². The zero-order chi connectivity index (χ0) is 11.7. The molecule has 0 aromatic carbocycles. The van der Waals surface area contributed by atoms with Crippen LogP contribution in [0.4, 0.5) is 0 Å². The van der Waals surface area contributed by atoms with E-state index in [0.29, 0.717) is 19.0 Å². The van der Waals surface area contributed by atoms with Crippen LogP contribution in [0.5, 0.6) is 0 Å². The summed E-state index contributed by atoms with van der Waals surface area (Å²) >= 11 is 0. The van der Waals surface area contributed by atoms with Crippen LogP contribution in [0, 0.1) is 11.3 Å². The van der Waals surface area contributed by atoms with E-state index in [1.54, 1.807) is 6.08 Å². The van der Waals surface area contributed by atoms with E-state index in [-0.39, 0.29) is 5.41 Å². The highest BCUT2D eigenvalue weighted by Gasteiger charge is 2.18. The molecule has 15 heavy (non-hydrogen) atoms. The van der Waals surface area contributed by atoms with Gasteiger partial charge in [-0.25, -0.2) is 19.6 Å². The lowest BCUT2D eigenvalue weighted by Gasteiger charge is -2.22. The number of aliphatic imine (C=N–C) groups is 2. The van der Waals surface area contributed by atoms with Gasteiger partial charge in [0.2, 0.25) is 12.2 Å². The van der Waals surface area contributed by atoms with E-state index < -0.39 is 0 Å². The van der Waals surface area contributed by atoms with E-state index in [4.69, 9.17) is 0 Å². The Morgan fingerprint density at radius 2 is 1.80 bits per heavy atom. The quantitative estimate of drug-likeness (QED) is 0.477. The van der Waals surface area contributed by atoms with Crippen molar-refractivity contribution in [1.29, 1.82) is 0 Å². The number of rotatable bonds is 7. The Labute approximate surface area is 90.5 Å². The average Bonchev–Trinajstić information content (AvgIpc) is 2.21. The van der Waals surface area contributed by atoms with Crippen molar-refractivity contribution in [3.05, 3.63) is 0 Å². The highest BCUT2D eigenvalue weighted by atomic mass is 16.1. The van der Waals surface area contributed by atoms with Gasteiger partial charge in [0.25, 0.3) is 0 Å². The molecule has 1 atom stereocenters. The Kier molecular flexibility index (Phi) is 6.52. The van der Waals surface area contributed by atoms with Gasteiger partial charge >= 0.3 is 0 Å². The summed E-state index contributed by atoms with van der Waals surface area (Å²) in [6.07, 6.45) is 5.00. The molecule has 0 aliphatic carbocycles. The van der Waals surface area contributed by atoms with Gasteiger partial charge in [0, 0.05) is 0 Å². The first-order valence-electron chi connectivity index (χ1n) is 5.09. The molecule has 0 aliphatic heterocycles. The molecule has 0 amide bonds. The Hall–Kier alpha value is -1.24. The molecule has 0 radical (unpaired) electrons. The Morgan fingerprint density at radius 3 is 2.33 bits per heavy atom. The van der Waals surface area contributed by atoms with Crippen LogP contribution in [-0.4, -0.2) is 25.2 Å². The van der Waals surface area contributed by atoms with Gasteiger partial charge in [-0.1, -0.05) is 20.8 Å². The second-order valence-electron chi connectivity index (χ2n) is 4.65. The first kappa shape index (κ1) is 13.8. The van der Waals surface area contributed by atoms with Crippen LogP contribution in [0.1, 0.15) is 33.6 Å². The minimum Gasteiger partial charge on any atom is -0.211 e. The number of hydrogen-bond acceptors (Lipinski definition) is 4. The van der Waals surface area contributed by atoms with E-state index >= 15 is 0 Å². The minimum absolute atomic E-state index is 0.0105. The first-order chi connectivity index (χ1) is 7.02. The summed E-state index contributed by atoms with van der Waals surface area (Å²) in [7, 11) is 0. The molecule has 4 heteroatoms. The van der Waals surface area contributed by atoms with Crippen LogP contribution in [-0.2, 0) is 9.59 Å². The molecule has 1 unspecified atom stereocenters. The maximum Gasteiger partial charge on any atom is 0.234 e. The number of hydrogen-bond donors (Lipinski definition) is 0. The number of nitrogens with zero attached hydrogens (tertiary/aromatic N) is 2. The second kappa shape index (κ2) is 7.10. The van der Waals surface area contributed by atoms with Crippen molar-refractivity contribution >= 4 is 12.2 Å². The number of isocyanates is 2. The van der Waals surface area contributed by atoms with Gasteiger partial charge in [-0.2, -0.15) is 0 Å². The molecule has 0 saturated carbocycles. The standard InChI is InChI=1S/C11H18N2O2/c1-10(6-12-8-14)4-5-11(2,3)7-13-9-15/h10H,4-7H2,1-3H3. The molecule has 0 aromatic heterocycles. The van der Waals surface area contributed by atoms with E-state index in [1.165, 1.54) is 6.08 Å². The Balaban J connectivity index is 3.90. The predicted molar refractivity (Wildman–Crippen MR) is 58.2 cm³/mol. The third-order valence-corrected chi connectivity index (χ3v) is 2.35. The van der Waals surface area contributed by atoms with Crippen LogP contribution < -0.4 is 0 Å². The largest absolute Gasteiger partial charge is 0.234 e. The van der Waals surface area contributed by atoms with Crippen molar-refractivity contribution < 1.29 is 9.59 Å². The molecule has 0 bridgehead atoms. The molecular weight excluding hydrogens is 192 g/mol. The van der Waals surface area contributed by atoms with E-state index in [0.717, 1.165) is 12.8 Å². The van der Waals surface area contributed by atoms with Crippen molar-refractivity contribution in [3.63, 3.8) is 0 Å². The van der Waals surface area contributed by atoms with Crippen LogP contribution in [0.15, 0.2) is 9.98 Å². The maximum absolute atomic E-state index is 9.98. The zero-order valence-corrected chi connectivity index (χ0v) is 9.62. The molecular formula is C11H18N2O2. The summed E-state index contributed by atoms with van der Waals surface area (Å²) in [6.45, 7) is 7.18. The summed E-state index contributed by atoms with van der Waals surface area (Å²) in [4.78, 5) is 27.0. The smallest absolute Gasteiger partial charge is 0.211 e. The minimum atomic E-state index is 0.0105. The maximum atomic E-state index is 9.98. The van der Waals surface area contributed by atoms with Gasteiger partial charge in [0.15, 0.2) is 0 Å². The molecule has 0 fully saturated rings. The summed E-state index contributed by atoms with van der Waals surface area (Å²) in [5, 5.41) is 0. The molecule has 0 aliphatic rings. The SMILES string of the molecule is CC(CCC(C)(C)CN=C=O)CN=C=O. The Morgan fingerprint density at radius 1 is 1.20 bits per heavy atom. The first-order valence-corrected chi connectivity index (χ1v) is 5.09. The van der Waals surface area contributed by atoms with Gasteiger partial charge in [0.05, 0.1) is 13.1 Å². The van der Waals surface area contributed by atoms with Crippen molar-refractivity contribution in [2.75, 3.05) is 13.1 Å². The summed E-state index contributed by atoms with van der Waals surface area (Å²) in [5.74, 6) is 0.367. The van der Waals surface area contributed by atoms with E-state index in [9.17, 15) is 9.59 Å². The lowest BCUT2D eigenvalue weighted by molar-refractivity contribution is 0.311. The van der Waals surface area contributed by atoms with Crippen LogP contribution in [0.2, 0.25) is 0 Å². The highest BCUT2D eigenvalue weighted by Crippen LogP contribution is 2.25. The molecule has 0 heterocycles. The topological polar surface area (TPSA) is 58.9 Å². The van der Waals surface area contributed by atoms with Crippen LogP contribution >= 0.6 is 0 Å². The molecule has 0 spiro atoms. The number of carbonyl (C=O) groups excluding carboxylic acids is 2. The third-order valence-electron chi connectivity index (χ3n) is 2.35. The van der Waals surface area contributed by atoms with Gasteiger partial charge in [-0.15, -0.1) is 0 Å². The zero-order valence-electron chi connectivity index (χ0n) is 9.62. The molecule has 0 saturated heterocycles. The van der Waals surface area contributed by atoms with Crippen molar-refractivity contribution in [2.45, 2.75) is 33.6 Å². The monoisotopic (exact) mass is 210 g/mol. The summed E-state index contributed by atoms with van der Waals surface area (Å²) in [6, 6.07) is 0. The molecule has 4 nitrogen and oxygen atoms in total. The predicted octanol–water partition coefficient (Wildman–Crippen LogP) is 2.10. The van der Waals surface area contributed by atoms with E-state index in [2.05, 4.69) is 23.8 Å². The fraction of sp³-hybridized carbons (Fsp3) is 0.818. The fourth-order valence-electron chi connectivity index (χ4n) is 1.25. The third kappa shape index (κ3) is 7.80. The molecule has 0 rings (SSSR count). The Bertz CT molecular complexity index is 274. The second-order valence-corrected chi connectivity index (χ2v) is 4.65. The lowest BCUT2D eigenvalue weighted by Crippen LogP contribution is -2.17. The average molecular weight is 210 g/mol. The van der Waals surface area contributed by atoms with Crippen LogP contribution in [0.25, 0.3) is 0 Å². The van der Waals surface area contributed by atoms with Crippen molar-refractivity contribution in [3.8, 4) is 0 Å². The van der Waals surface area contributed by atoms with Gasteiger partial charge < -0.3 is 0 Å². The van der Waals surface area contributed by atoms with Crippen molar-refractivity contribution in [2.24, 2.45) is 21.3 Å². The lowest BCUT2D eigenvalue weighted by atomic mass is 9.85.